The number of allylic oxidation sites excluding steroid dienone is 8. The summed E-state index contributed by atoms with van der Waals surface area (Å²) < 4.78 is 97.7. The Hall–Kier alpha value is -3.60. The number of hydrogen-bond donors (Lipinski definition) is 3. The van der Waals surface area contributed by atoms with Crippen LogP contribution in [0.5, 0.6) is 0 Å². The van der Waals surface area contributed by atoms with Crippen LogP contribution in [-0.4, -0.2) is 120 Å². The molecular weight excluding hydrogens is 894 g/mol. The van der Waals surface area contributed by atoms with E-state index in [4.69, 9.17) is 4.74 Å². The Kier molecular flexibility index (Phi) is 11.6. The Morgan fingerprint density at radius 1 is 0.773 bits per heavy atom. The normalized spacial score (nSPS) is 50.0. The molecule has 0 aromatic carbocycles. The zero-order valence-corrected chi connectivity index (χ0v) is 38.3. The van der Waals surface area contributed by atoms with Gasteiger partial charge in [-0.15, -0.1) is 12.4 Å². The smallest absolute Gasteiger partial charge is 0.414 e. The number of nitrogens with one attached hydrogen (secondary N) is 1. The number of aliphatic hydroxyl groups excluding tert-OH is 2. The molecule has 0 radical (unpaired) electrons. The average molecular weight is 953 g/mol. The number of amides is 1. The third kappa shape index (κ3) is 5.70. The highest BCUT2D eigenvalue weighted by Gasteiger charge is 2.80. The van der Waals surface area contributed by atoms with E-state index >= 15 is 17.6 Å². The number of fused-ring (bicyclic) bond motifs is 14. The molecule has 17 heteroatoms. The van der Waals surface area contributed by atoms with Crippen LogP contribution in [0.15, 0.2) is 60.4 Å². The van der Waals surface area contributed by atoms with E-state index in [9.17, 15) is 43.0 Å². The van der Waals surface area contributed by atoms with E-state index in [0.717, 1.165) is 12.3 Å². The van der Waals surface area contributed by atoms with Crippen LogP contribution in [0.3, 0.4) is 0 Å². The Balaban J connectivity index is 0.000000179. The number of rotatable bonds is 5. The molecule has 362 valence electrons. The number of carbonyl (C=O) groups is 5. The first-order valence-corrected chi connectivity index (χ1v) is 22.8. The zero-order valence-electron chi connectivity index (χ0n) is 37.5. The second-order valence-corrected chi connectivity index (χ2v) is 21.7. The molecule has 0 aromatic rings. The Morgan fingerprint density at radius 2 is 1.23 bits per heavy atom. The van der Waals surface area contributed by atoms with Crippen molar-refractivity contribution in [1.29, 1.82) is 0 Å². The monoisotopic (exact) mass is 952 g/mol. The molecule has 3 N–H and O–H groups in total. The lowest BCUT2D eigenvalue weighted by molar-refractivity contribution is -0.211. The maximum Gasteiger partial charge on any atom is 0.414 e. The van der Waals surface area contributed by atoms with Gasteiger partial charge in [-0.05, 0) is 129 Å². The molecule has 6 saturated carbocycles. The number of ketones is 4. The quantitative estimate of drug-likeness (QED) is 0.202. The largest absolute Gasteiger partial charge is 0.419 e. The Labute approximate surface area is 386 Å². The molecule has 0 bridgehead atoms. The van der Waals surface area contributed by atoms with Crippen molar-refractivity contribution in [3.05, 3.63) is 60.4 Å². The van der Waals surface area contributed by atoms with Crippen molar-refractivity contribution >= 4 is 41.6 Å². The van der Waals surface area contributed by atoms with Gasteiger partial charge >= 0.3 is 6.09 Å². The minimum atomic E-state index is -2.27. The van der Waals surface area contributed by atoms with Crippen molar-refractivity contribution in [2.75, 3.05) is 39.5 Å². The minimum Gasteiger partial charge on any atom is -0.419 e. The fraction of sp³-hybridized carbons (Fsp3) is 0.694. The lowest BCUT2D eigenvalue weighted by Gasteiger charge is -2.63. The summed E-state index contributed by atoms with van der Waals surface area (Å²) in [6.45, 7) is 8.54. The van der Waals surface area contributed by atoms with Crippen LogP contribution in [0, 0.1) is 68.0 Å². The number of likely N-dealkylation sites (tertiary alicyclic amines) is 1. The highest BCUT2D eigenvalue weighted by atomic mass is 35.5. The molecule has 10 nitrogen and oxygen atoms in total. The molecule has 2 aliphatic heterocycles. The molecule has 1 amide bonds. The minimum absolute atomic E-state index is 0. The van der Waals surface area contributed by atoms with Crippen molar-refractivity contribution < 1.29 is 65.3 Å². The molecule has 0 aromatic heterocycles. The summed E-state index contributed by atoms with van der Waals surface area (Å²) >= 11 is 0. The number of nitrogens with zero attached hydrogens (tertiary/aromatic N) is 1. The van der Waals surface area contributed by atoms with Gasteiger partial charge in [-0.3, -0.25) is 19.2 Å². The first kappa shape index (κ1) is 48.8. The van der Waals surface area contributed by atoms with Gasteiger partial charge in [0.25, 0.3) is 0 Å². The van der Waals surface area contributed by atoms with E-state index in [1.165, 1.54) is 42.2 Å². The van der Waals surface area contributed by atoms with Crippen molar-refractivity contribution in [3.8, 4) is 0 Å². The average Bonchev–Trinajstić information content (AvgIpc) is 3.99. The Bertz CT molecular complexity index is 2280. The fourth-order valence-electron chi connectivity index (χ4n) is 17.0. The summed E-state index contributed by atoms with van der Waals surface area (Å²) in [4.78, 5) is 63.8. The van der Waals surface area contributed by atoms with Crippen LogP contribution in [0.4, 0.5) is 31.1 Å². The summed E-state index contributed by atoms with van der Waals surface area (Å²) in [5, 5.41) is 25.9. The number of aliphatic hydroxyl groups is 2. The summed E-state index contributed by atoms with van der Waals surface area (Å²) in [5.41, 5.74) is -11.5. The van der Waals surface area contributed by atoms with E-state index in [-0.39, 0.29) is 86.4 Å². The van der Waals surface area contributed by atoms with Crippen LogP contribution in [0.1, 0.15) is 66.2 Å². The van der Waals surface area contributed by atoms with Crippen molar-refractivity contribution in [2.45, 2.75) is 102 Å². The van der Waals surface area contributed by atoms with Crippen LogP contribution in [-0.2, 0) is 23.9 Å². The van der Waals surface area contributed by atoms with Crippen LogP contribution < -0.4 is 5.32 Å². The van der Waals surface area contributed by atoms with Crippen molar-refractivity contribution in [3.63, 3.8) is 0 Å². The predicted octanol–water partition coefficient (Wildman–Crippen LogP) is 6.73. The first-order chi connectivity index (χ1) is 30.5. The Morgan fingerprint density at radius 3 is 1.70 bits per heavy atom. The summed E-state index contributed by atoms with van der Waals surface area (Å²) in [5.74, 6) is -5.30. The highest BCUT2D eigenvalue weighted by Crippen LogP contribution is 2.76. The molecular formula is C49H59ClF6N2O8. The van der Waals surface area contributed by atoms with Gasteiger partial charge in [0.15, 0.2) is 34.5 Å². The second kappa shape index (κ2) is 15.7. The number of halogens is 7. The standard InChI is InChI=1S/C26H30F3NO5.C23H28F3NO3.ClH/c1-4-35-22(34)30-12-14-7-16-17-9-19(28)18-8-15(31)5-6-23(18,2)26(17,29)20(32)10-24(16,3)25(14,13-30)21(33)11-27;1-20-4-3-13(28)6-16(20)17(25)7-15-14-5-12-10-27-11-22(12,19(30)9-24)21(14,2)8-18(29)23(15,20)26;/h4-6,8,14,16-17,19-20,32H,1,7,9-13H2,2-3H3;3-4,6,12,14-15,17-18,27,29H,5,7-11H2,1-2H3;1H/t14-,16-,17-,19-,20-,23-,24-,25+,26-;12-,14-,15-,17-,18-,20-,21-,22+,23-;/m00./s1. The molecule has 8 fully saturated rings. The van der Waals surface area contributed by atoms with E-state index in [1.807, 2.05) is 6.92 Å². The first-order valence-electron chi connectivity index (χ1n) is 22.8. The molecule has 18 atom stereocenters. The van der Waals surface area contributed by atoms with E-state index < -0.39 is 129 Å². The van der Waals surface area contributed by atoms with Gasteiger partial charge in [0, 0.05) is 42.3 Å². The topological polar surface area (TPSA) is 150 Å². The summed E-state index contributed by atoms with van der Waals surface area (Å²) in [6.07, 6.45) is 1.92. The van der Waals surface area contributed by atoms with Crippen molar-refractivity contribution in [2.24, 2.45) is 68.0 Å². The number of Topliss-reactive ketones (excluding diaryl/α,β-unsaturated/α-hetero) is 2. The van der Waals surface area contributed by atoms with Crippen LogP contribution >= 0.6 is 12.4 Å². The van der Waals surface area contributed by atoms with Gasteiger partial charge in [0.05, 0.1) is 29.3 Å². The van der Waals surface area contributed by atoms with Crippen molar-refractivity contribution in [1.82, 2.24) is 10.2 Å². The maximum absolute atomic E-state index is 17.3. The van der Waals surface area contributed by atoms with Crippen LogP contribution in [0.25, 0.3) is 0 Å². The van der Waals surface area contributed by atoms with E-state index in [1.54, 1.807) is 13.8 Å². The van der Waals surface area contributed by atoms with E-state index in [2.05, 4.69) is 11.9 Å². The van der Waals surface area contributed by atoms with Gasteiger partial charge < -0.3 is 25.2 Å². The molecule has 66 heavy (non-hydrogen) atoms. The van der Waals surface area contributed by atoms with Gasteiger partial charge in [-0.1, -0.05) is 32.6 Å². The third-order valence-corrected chi connectivity index (χ3v) is 19.9. The van der Waals surface area contributed by atoms with Gasteiger partial charge in [-0.2, -0.15) is 0 Å². The molecule has 10 rings (SSSR count). The molecule has 0 unspecified atom stereocenters. The summed E-state index contributed by atoms with van der Waals surface area (Å²) in [7, 11) is 0. The number of hydrogen-bond acceptors (Lipinski definition) is 9. The fourth-order valence-corrected chi connectivity index (χ4v) is 17.0. The molecule has 2 heterocycles. The lowest BCUT2D eigenvalue weighted by Crippen LogP contribution is -2.69. The van der Waals surface area contributed by atoms with Gasteiger partial charge in [-0.25, -0.2) is 31.1 Å². The van der Waals surface area contributed by atoms with Gasteiger partial charge in [0.1, 0.15) is 25.7 Å². The zero-order chi connectivity index (χ0) is 47.2. The lowest BCUT2D eigenvalue weighted by atomic mass is 9.43. The molecule has 0 spiro atoms. The SMILES string of the molecule is C=COC(=O)N1C[C@@H]2C[C@H]3[C@@H]4C[C@H](F)C5=CC(=O)C=C[C@]5(C)[C@@]4(F)[C@@H](O)C[C@]3(C)[C@]2(C(=O)CF)C1.C[C@]12C=CC(=O)C=C1[C@@H](F)C[C@H]1[C@@H]3C[C@H]4CNC[C@@]4(C(=O)CF)[C@@]3(C)C[C@H](O)[C@@]12F.Cl. The van der Waals surface area contributed by atoms with Crippen LogP contribution in [0.2, 0.25) is 0 Å². The van der Waals surface area contributed by atoms with Gasteiger partial charge in [0.2, 0.25) is 0 Å². The third-order valence-electron chi connectivity index (χ3n) is 19.9. The maximum atomic E-state index is 17.3. The predicted molar refractivity (Wildman–Crippen MR) is 230 cm³/mol. The molecule has 2 saturated heterocycles. The van der Waals surface area contributed by atoms with E-state index in [0.29, 0.717) is 19.5 Å². The number of alkyl halides is 6. The highest BCUT2D eigenvalue weighted by molar-refractivity contribution is 6.02. The number of carbonyl (C=O) groups excluding carboxylic acids is 5. The summed E-state index contributed by atoms with van der Waals surface area (Å²) in [6, 6.07) is 0. The molecule has 8 aliphatic carbocycles. The molecule has 10 aliphatic rings. The second-order valence-electron chi connectivity index (χ2n) is 21.7. The number of ether oxygens (including phenoxy) is 1.